The third kappa shape index (κ3) is 4.05. The minimum absolute atomic E-state index is 0.0423. The smallest absolute Gasteiger partial charge is 0.393 e. The summed E-state index contributed by atoms with van der Waals surface area (Å²) in [5, 5.41) is 10.8. The number of nitrogens with one attached hydrogen (secondary N) is 1. The third-order valence-corrected chi connectivity index (χ3v) is 1.91. The standard InChI is InChI=1S/C8H15F3N2O2/c1-5(14)3-4-13-6(15)7(2,12)8(9,10)11/h5,14H,3-4,12H2,1-2H3,(H,13,15). The summed E-state index contributed by atoms with van der Waals surface area (Å²) in [6, 6.07) is 0. The molecule has 0 saturated heterocycles. The van der Waals surface area contributed by atoms with Gasteiger partial charge in [-0.25, -0.2) is 0 Å². The summed E-state index contributed by atoms with van der Waals surface area (Å²) >= 11 is 0. The van der Waals surface area contributed by atoms with Crippen molar-refractivity contribution in [2.75, 3.05) is 6.54 Å². The molecule has 2 atom stereocenters. The second-order valence-electron chi connectivity index (χ2n) is 3.59. The summed E-state index contributed by atoms with van der Waals surface area (Å²) in [6.07, 6.45) is -5.29. The molecule has 0 heterocycles. The summed E-state index contributed by atoms with van der Waals surface area (Å²) < 4.78 is 36.7. The van der Waals surface area contributed by atoms with Gasteiger partial charge in [0, 0.05) is 6.54 Å². The topological polar surface area (TPSA) is 75.3 Å². The number of aliphatic hydroxyl groups excluding tert-OH is 1. The van der Waals surface area contributed by atoms with E-state index in [4.69, 9.17) is 10.8 Å². The van der Waals surface area contributed by atoms with Gasteiger partial charge in [0.25, 0.3) is 0 Å². The molecular weight excluding hydrogens is 213 g/mol. The van der Waals surface area contributed by atoms with Crippen molar-refractivity contribution in [3.63, 3.8) is 0 Å². The van der Waals surface area contributed by atoms with Crippen LogP contribution in [-0.2, 0) is 4.79 Å². The van der Waals surface area contributed by atoms with Gasteiger partial charge in [-0.3, -0.25) is 4.79 Å². The Balaban J connectivity index is 4.21. The summed E-state index contributed by atoms with van der Waals surface area (Å²) in [5.41, 5.74) is 1.96. The highest BCUT2D eigenvalue weighted by molar-refractivity contribution is 5.86. The van der Waals surface area contributed by atoms with E-state index in [2.05, 4.69) is 0 Å². The Bertz CT molecular complexity index is 226. The van der Waals surface area contributed by atoms with E-state index >= 15 is 0 Å². The van der Waals surface area contributed by atoms with Gasteiger partial charge >= 0.3 is 6.18 Å². The van der Waals surface area contributed by atoms with Crippen molar-refractivity contribution in [2.45, 2.75) is 38.1 Å². The molecule has 2 unspecified atom stereocenters. The van der Waals surface area contributed by atoms with Gasteiger partial charge in [0.05, 0.1) is 6.10 Å². The Morgan fingerprint density at radius 3 is 2.33 bits per heavy atom. The average Bonchev–Trinajstić information content (AvgIpc) is 2.01. The van der Waals surface area contributed by atoms with Gasteiger partial charge in [0.2, 0.25) is 5.91 Å². The molecule has 7 heteroatoms. The maximum atomic E-state index is 12.2. The van der Waals surface area contributed by atoms with Gasteiger partial charge in [-0.15, -0.1) is 0 Å². The molecule has 0 fully saturated rings. The average molecular weight is 228 g/mol. The molecule has 0 saturated carbocycles. The largest absolute Gasteiger partial charge is 0.415 e. The first-order valence-corrected chi connectivity index (χ1v) is 4.41. The van der Waals surface area contributed by atoms with Gasteiger partial charge in [-0.1, -0.05) is 0 Å². The first-order valence-electron chi connectivity index (χ1n) is 4.41. The second kappa shape index (κ2) is 4.80. The molecule has 1 amide bonds. The summed E-state index contributed by atoms with van der Waals surface area (Å²) in [7, 11) is 0. The summed E-state index contributed by atoms with van der Waals surface area (Å²) in [4.78, 5) is 11.1. The van der Waals surface area contributed by atoms with E-state index in [-0.39, 0.29) is 13.0 Å². The Labute approximate surface area is 85.6 Å². The summed E-state index contributed by atoms with van der Waals surface area (Å²) in [5.74, 6) is -1.30. The lowest BCUT2D eigenvalue weighted by Gasteiger charge is -2.26. The first kappa shape index (κ1) is 14.2. The molecule has 0 aromatic rings. The molecule has 0 aliphatic rings. The number of halogens is 3. The van der Waals surface area contributed by atoms with Crippen molar-refractivity contribution in [1.29, 1.82) is 0 Å². The number of nitrogens with two attached hydrogens (primary N) is 1. The minimum Gasteiger partial charge on any atom is -0.393 e. The predicted octanol–water partition coefficient (Wildman–Crippen LogP) is 0.153. The second-order valence-corrected chi connectivity index (χ2v) is 3.59. The lowest BCUT2D eigenvalue weighted by molar-refractivity contribution is -0.187. The molecule has 0 aromatic carbocycles. The molecule has 0 aromatic heterocycles. The van der Waals surface area contributed by atoms with Crippen molar-refractivity contribution >= 4 is 5.91 Å². The Morgan fingerprint density at radius 1 is 1.53 bits per heavy atom. The van der Waals surface area contributed by atoms with E-state index < -0.39 is 23.7 Å². The quantitative estimate of drug-likeness (QED) is 0.641. The maximum absolute atomic E-state index is 12.2. The molecule has 0 radical (unpaired) electrons. The molecule has 4 nitrogen and oxygen atoms in total. The maximum Gasteiger partial charge on any atom is 0.415 e. The predicted molar refractivity (Wildman–Crippen MR) is 48.0 cm³/mol. The number of aliphatic hydroxyl groups is 1. The van der Waals surface area contributed by atoms with Gasteiger partial charge < -0.3 is 16.2 Å². The summed E-state index contributed by atoms with van der Waals surface area (Å²) in [6.45, 7) is 2.03. The molecule has 0 bridgehead atoms. The van der Waals surface area contributed by atoms with Crippen LogP contribution in [0.15, 0.2) is 0 Å². The van der Waals surface area contributed by atoms with Gasteiger partial charge in [0.1, 0.15) is 0 Å². The van der Waals surface area contributed by atoms with E-state index in [0.29, 0.717) is 6.92 Å². The molecule has 0 aliphatic carbocycles. The fourth-order valence-corrected chi connectivity index (χ4v) is 0.707. The molecule has 0 spiro atoms. The zero-order valence-electron chi connectivity index (χ0n) is 8.56. The molecule has 90 valence electrons. The van der Waals surface area contributed by atoms with Crippen LogP contribution < -0.4 is 11.1 Å². The van der Waals surface area contributed by atoms with E-state index in [0.717, 1.165) is 0 Å². The zero-order chi connectivity index (χ0) is 12.3. The van der Waals surface area contributed by atoms with E-state index in [1.54, 1.807) is 0 Å². The van der Waals surface area contributed by atoms with Gasteiger partial charge in [-0.05, 0) is 20.3 Å². The number of hydrogen-bond donors (Lipinski definition) is 3. The lowest BCUT2D eigenvalue weighted by Crippen LogP contribution is -2.61. The number of carbonyl (C=O) groups excluding carboxylic acids is 1. The molecule has 0 aliphatic heterocycles. The molecule has 15 heavy (non-hydrogen) atoms. The molecule has 4 N–H and O–H groups in total. The highest BCUT2D eigenvalue weighted by atomic mass is 19.4. The first-order chi connectivity index (χ1) is 6.59. The van der Waals surface area contributed by atoms with Crippen molar-refractivity contribution in [3.8, 4) is 0 Å². The van der Waals surface area contributed by atoms with E-state index in [9.17, 15) is 18.0 Å². The monoisotopic (exact) mass is 228 g/mol. The highest BCUT2D eigenvalue weighted by Crippen LogP contribution is 2.27. The number of rotatable bonds is 4. The van der Waals surface area contributed by atoms with Crippen LogP contribution in [0.25, 0.3) is 0 Å². The van der Waals surface area contributed by atoms with Crippen LogP contribution in [0.3, 0.4) is 0 Å². The van der Waals surface area contributed by atoms with Crippen LogP contribution in [-0.4, -0.2) is 35.4 Å². The third-order valence-electron chi connectivity index (χ3n) is 1.91. The van der Waals surface area contributed by atoms with Crippen LogP contribution in [0.1, 0.15) is 20.3 Å². The zero-order valence-corrected chi connectivity index (χ0v) is 8.56. The van der Waals surface area contributed by atoms with Gasteiger partial charge in [0.15, 0.2) is 5.54 Å². The van der Waals surface area contributed by atoms with Gasteiger partial charge in [-0.2, -0.15) is 13.2 Å². The fraction of sp³-hybridized carbons (Fsp3) is 0.875. The van der Waals surface area contributed by atoms with Crippen molar-refractivity contribution < 1.29 is 23.1 Å². The van der Waals surface area contributed by atoms with E-state index in [1.165, 1.54) is 6.92 Å². The van der Waals surface area contributed by atoms with Crippen molar-refractivity contribution in [1.82, 2.24) is 5.32 Å². The van der Waals surface area contributed by atoms with Crippen LogP contribution >= 0.6 is 0 Å². The Morgan fingerprint density at radius 2 is 2.00 bits per heavy atom. The molecule has 0 rings (SSSR count). The van der Waals surface area contributed by atoms with Crippen molar-refractivity contribution in [2.24, 2.45) is 5.73 Å². The van der Waals surface area contributed by atoms with Crippen LogP contribution in [0, 0.1) is 0 Å². The highest BCUT2D eigenvalue weighted by Gasteiger charge is 2.53. The van der Waals surface area contributed by atoms with Crippen LogP contribution in [0.2, 0.25) is 0 Å². The molecular formula is C8H15F3N2O2. The van der Waals surface area contributed by atoms with Crippen molar-refractivity contribution in [3.05, 3.63) is 0 Å². The minimum atomic E-state index is -4.79. The number of carbonyl (C=O) groups is 1. The number of amides is 1. The number of alkyl halides is 3. The number of hydrogen-bond acceptors (Lipinski definition) is 3. The van der Waals surface area contributed by atoms with Crippen LogP contribution in [0.4, 0.5) is 13.2 Å². The fourth-order valence-electron chi connectivity index (χ4n) is 0.707. The lowest BCUT2D eigenvalue weighted by atomic mass is 10.0. The Hall–Kier alpha value is -0.820. The van der Waals surface area contributed by atoms with Crippen LogP contribution in [0.5, 0.6) is 0 Å². The SMILES string of the molecule is CC(O)CCNC(=O)C(C)(N)C(F)(F)F. The Kier molecular flexibility index (Phi) is 4.54. The normalized spacial score (nSPS) is 18.1. The van der Waals surface area contributed by atoms with E-state index in [1.807, 2.05) is 5.32 Å².